The van der Waals surface area contributed by atoms with Gasteiger partial charge < -0.3 is 0 Å². The van der Waals surface area contributed by atoms with Crippen LogP contribution >= 0.6 is 0 Å². The predicted molar refractivity (Wildman–Crippen MR) is 84.0 cm³/mol. The van der Waals surface area contributed by atoms with E-state index < -0.39 is 0 Å². The summed E-state index contributed by atoms with van der Waals surface area (Å²) in [6.07, 6.45) is 8.76. The van der Waals surface area contributed by atoms with Crippen molar-refractivity contribution >= 4 is 0 Å². The first-order chi connectivity index (χ1) is 10.3. The Morgan fingerprint density at radius 2 is 2.14 bits per heavy atom. The number of benzene rings is 1. The molecular weight excluding hydrogens is 256 g/mol. The molecule has 2 aliphatic carbocycles. The lowest BCUT2D eigenvalue weighted by atomic mass is 9.52. The summed E-state index contributed by atoms with van der Waals surface area (Å²) in [5.74, 6) is 0.827. The molecule has 0 amide bonds. The number of likely N-dealkylation sites (tertiary alicyclic amines) is 1. The summed E-state index contributed by atoms with van der Waals surface area (Å²) in [7, 11) is 0. The minimum atomic E-state index is 0.459. The number of hydrogen-bond donors (Lipinski definition) is 0. The first-order valence-electron chi connectivity index (χ1n) is 8.54. The average molecular weight is 280 g/mol. The minimum Gasteiger partial charge on any atom is -0.299 e. The van der Waals surface area contributed by atoms with Crippen LogP contribution < -0.4 is 0 Å². The van der Waals surface area contributed by atoms with Crippen LogP contribution in [0.3, 0.4) is 0 Å². The zero-order valence-electron chi connectivity index (χ0n) is 12.7. The Morgan fingerprint density at radius 3 is 3.05 bits per heavy atom. The smallest absolute Gasteiger partial charge is 0.0635 e. The summed E-state index contributed by atoms with van der Waals surface area (Å²) in [5, 5.41) is 8.93. The zero-order chi connectivity index (χ0) is 14.3. The van der Waals surface area contributed by atoms with Gasteiger partial charge in [-0.3, -0.25) is 4.90 Å². The Morgan fingerprint density at radius 1 is 1.24 bits per heavy atom. The summed E-state index contributed by atoms with van der Waals surface area (Å²) < 4.78 is 0. The van der Waals surface area contributed by atoms with E-state index in [9.17, 15) is 0 Å². The third-order valence-corrected chi connectivity index (χ3v) is 6.37. The van der Waals surface area contributed by atoms with E-state index in [4.69, 9.17) is 5.26 Å². The van der Waals surface area contributed by atoms with E-state index in [-0.39, 0.29) is 0 Å². The first-order valence-corrected chi connectivity index (χ1v) is 8.54. The van der Waals surface area contributed by atoms with Crippen molar-refractivity contribution < 1.29 is 0 Å². The van der Waals surface area contributed by atoms with Crippen molar-refractivity contribution in [2.75, 3.05) is 13.1 Å². The van der Waals surface area contributed by atoms with Gasteiger partial charge in [0.05, 0.1) is 6.07 Å². The quantitative estimate of drug-likeness (QED) is 0.826. The molecule has 1 saturated heterocycles. The van der Waals surface area contributed by atoms with Gasteiger partial charge in [0.2, 0.25) is 0 Å². The molecule has 2 fully saturated rings. The van der Waals surface area contributed by atoms with E-state index in [1.807, 2.05) is 0 Å². The minimum absolute atomic E-state index is 0.459. The first kappa shape index (κ1) is 13.3. The molecule has 1 heterocycles. The van der Waals surface area contributed by atoms with Gasteiger partial charge in [-0.15, -0.1) is 0 Å². The lowest BCUT2D eigenvalue weighted by molar-refractivity contribution is -0.0100. The van der Waals surface area contributed by atoms with E-state index in [1.54, 1.807) is 11.1 Å². The maximum absolute atomic E-state index is 8.93. The molecule has 4 rings (SSSR count). The Kier molecular flexibility index (Phi) is 3.27. The van der Waals surface area contributed by atoms with Gasteiger partial charge in [0.25, 0.3) is 0 Å². The number of hydrogen-bond acceptors (Lipinski definition) is 2. The summed E-state index contributed by atoms with van der Waals surface area (Å²) in [6, 6.07) is 12.2. The third-order valence-electron chi connectivity index (χ3n) is 6.37. The van der Waals surface area contributed by atoms with Crippen LogP contribution in [-0.2, 0) is 11.8 Å². The Labute approximate surface area is 127 Å². The number of rotatable bonds is 2. The van der Waals surface area contributed by atoms with Gasteiger partial charge >= 0.3 is 0 Å². The SMILES string of the molecule is N#CCCN1CC[C@]23CCCC[C@H]2[C@H]1Cc1ccccc13. The van der Waals surface area contributed by atoms with Gasteiger partial charge in [0, 0.05) is 24.4 Å². The van der Waals surface area contributed by atoms with E-state index in [0.29, 0.717) is 17.9 Å². The molecule has 2 heteroatoms. The van der Waals surface area contributed by atoms with E-state index in [2.05, 4.69) is 35.2 Å². The number of nitriles is 1. The molecule has 0 radical (unpaired) electrons. The molecule has 110 valence electrons. The van der Waals surface area contributed by atoms with Crippen molar-refractivity contribution in [3.05, 3.63) is 35.4 Å². The zero-order valence-corrected chi connectivity index (χ0v) is 12.7. The van der Waals surface area contributed by atoms with Crippen LogP contribution in [0, 0.1) is 17.2 Å². The molecule has 21 heavy (non-hydrogen) atoms. The van der Waals surface area contributed by atoms with Crippen molar-refractivity contribution in [3.8, 4) is 6.07 Å². The van der Waals surface area contributed by atoms with Gasteiger partial charge in [-0.25, -0.2) is 0 Å². The van der Waals surface area contributed by atoms with Gasteiger partial charge in [-0.1, -0.05) is 37.1 Å². The Bertz CT molecular complexity index is 573. The van der Waals surface area contributed by atoms with Gasteiger partial charge in [-0.2, -0.15) is 5.26 Å². The largest absolute Gasteiger partial charge is 0.299 e. The van der Waals surface area contributed by atoms with Crippen LogP contribution in [-0.4, -0.2) is 24.0 Å². The normalized spacial score (nSPS) is 34.6. The van der Waals surface area contributed by atoms with E-state index in [1.165, 1.54) is 45.1 Å². The van der Waals surface area contributed by atoms with Gasteiger partial charge in [-0.05, 0) is 49.3 Å². The maximum atomic E-state index is 8.93. The van der Waals surface area contributed by atoms with Crippen molar-refractivity contribution in [2.24, 2.45) is 5.92 Å². The third kappa shape index (κ3) is 1.94. The predicted octanol–water partition coefficient (Wildman–Crippen LogP) is 3.66. The molecule has 2 bridgehead atoms. The molecule has 3 atom stereocenters. The van der Waals surface area contributed by atoms with E-state index in [0.717, 1.165) is 12.5 Å². The second-order valence-corrected chi connectivity index (χ2v) is 7.13. The number of piperidine rings is 1. The highest BCUT2D eigenvalue weighted by molar-refractivity contribution is 5.41. The van der Waals surface area contributed by atoms with Crippen LogP contribution in [0.4, 0.5) is 0 Å². The fraction of sp³-hybridized carbons (Fsp3) is 0.632. The highest BCUT2D eigenvalue weighted by atomic mass is 15.2. The monoisotopic (exact) mass is 280 g/mol. The average Bonchev–Trinajstić information content (AvgIpc) is 2.54. The van der Waals surface area contributed by atoms with Crippen LogP contribution in [0.15, 0.2) is 24.3 Å². The molecule has 0 spiro atoms. The molecule has 1 aromatic rings. The van der Waals surface area contributed by atoms with E-state index >= 15 is 0 Å². The molecule has 1 aliphatic heterocycles. The molecule has 0 N–H and O–H groups in total. The van der Waals surface area contributed by atoms with Crippen LogP contribution in [0.25, 0.3) is 0 Å². The molecule has 2 nitrogen and oxygen atoms in total. The molecular formula is C19H24N2. The van der Waals surface area contributed by atoms with Crippen molar-refractivity contribution in [3.63, 3.8) is 0 Å². The van der Waals surface area contributed by atoms with Crippen molar-refractivity contribution in [2.45, 2.75) is 56.4 Å². The maximum Gasteiger partial charge on any atom is 0.0635 e. The fourth-order valence-electron chi connectivity index (χ4n) is 5.52. The molecule has 3 aliphatic rings. The standard InChI is InChI=1S/C19H24N2/c20-11-5-12-21-13-10-19-9-4-3-8-17(19)18(21)14-15-6-1-2-7-16(15)19/h1-2,6-7,17-18H,3-5,8-10,12-14H2/t17-,18+,19-/m0/s1. The second kappa shape index (κ2) is 5.14. The summed E-state index contributed by atoms with van der Waals surface area (Å²) in [6.45, 7) is 2.16. The number of nitrogens with zero attached hydrogens (tertiary/aromatic N) is 2. The number of fused-ring (bicyclic) bond motifs is 1. The van der Waals surface area contributed by atoms with Crippen molar-refractivity contribution in [1.82, 2.24) is 4.90 Å². The summed E-state index contributed by atoms with van der Waals surface area (Å²) in [5.41, 5.74) is 3.72. The topological polar surface area (TPSA) is 27.0 Å². The van der Waals surface area contributed by atoms with Gasteiger partial charge in [0.1, 0.15) is 0 Å². The van der Waals surface area contributed by atoms with Crippen LogP contribution in [0.1, 0.15) is 49.7 Å². The van der Waals surface area contributed by atoms with Crippen LogP contribution in [0.5, 0.6) is 0 Å². The van der Waals surface area contributed by atoms with Gasteiger partial charge in [0.15, 0.2) is 0 Å². The summed E-state index contributed by atoms with van der Waals surface area (Å²) in [4.78, 5) is 2.63. The van der Waals surface area contributed by atoms with Crippen molar-refractivity contribution in [1.29, 1.82) is 5.26 Å². The second-order valence-electron chi connectivity index (χ2n) is 7.13. The molecule has 1 saturated carbocycles. The summed E-state index contributed by atoms with van der Waals surface area (Å²) >= 11 is 0. The molecule has 0 aromatic heterocycles. The molecule has 1 aromatic carbocycles. The fourth-order valence-corrected chi connectivity index (χ4v) is 5.52. The lowest BCUT2D eigenvalue weighted by Crippen LogP contribution is -2.60. The molecule has 0 unspecified atom stereocenters. The lowest BCUT2D eigenvalue weighted by Gasteiger charge is -2.59. The Balaban J connectivity index is 1.75. The highest BCUT2D eigenvalue weighted by Gasteiger charge is 2.53. The van der Waals surface area contributed by atoms with Crippen LogP contribution in [0.2, 0.25) is 0 Å². The highest BCUT2D eigenvalue weighted by Crippen LogP contribution is 2.55. The Hall–Kier alpha value is -1.33.